The SMILES string of the molecule is Cn1cc(CNC2CCCc3sccc32)cn1. The van der Waals surface area contributed by atoms with E-state index in [0.29, 0.717) is 6.04 Å². The van der Waals surface area contributed by atoms with Crippen molar-refractivity contribution in [3.05, 3.63) is 39.8 Å². The van der Waals surface area contributed by atoms with Gasteiger partial charge in [0.25, 0.3) is 0 Å². The van der Waals surface area contributed by atoms with Gasteiger partial charge in [-0.25, -0.2) is 0 Å². The summed E-state index contributed by atoms with van der Waals surface area (Å²) in [6, 6.07) is 2.81. The maximum atomic E-state index is 4.19. The van der Waals surface area contributed by atoms with Crippen molar-refractivity contribution in [3.63, 3.8) is 0 Å². The minimum atomic E-state index is 0.533. The summed E-state index contributed by atoms with van der Waals surface area (Å²) in [6.45, 7) is 0.911. The molecule has 0 spiro atoms. The smallest absolute Gasteiger partial charge is 0.0534 e. The van der Waals surface area contributed by atoms with Gasteiger partial charge in [0.15, 0.2) is 0 Å². The average Bonchev–Trinajstić information content (AvgIpc) is 2.94. The third-order valence-corrected chi connectivity index (χ3v) is 4.36. The van der Waals surface area contributed by atoms with Crippen LogP contribution in [0.2, 0.25) is 0 Å². The lowest BCUT2D eigenvalue weighted by molar-refractivity contribution is 0.463. The van der Waals surface area contributed by atoms with Crippen LogP contribution in [0.25, 0.3) is 0 Å². The van der Waals surface area contributed by atoms with E-state index in [9.17, 15) is 0 Å². The van der Waals surface area contributed by atoms with Crippen LogP contribution in [-0.2, 0) is 20.0 Å². The van der Waals surface area contributed by atoms with Crippen LogP contribution >= 0.6 is 11.3 Å². The minimum Gasteiger partial charge on any atom is -0.306 e. The molecule has 0 aliphatic heterocycles. The zero-order chi connectivity index (χ0) is 11.7. The van der Waals surface area contributed by atoms with Crippen LogP contribution in [-0.4, -0.2) is 9.78 Å². The highest BCUT2D eigenvalue weighted by Gasteiger charge is 2.20. The summed E-state index contributed by atoms with van der Waals surface area (Å²) in [6.07, 6.45) is 7.83. The predicted octanol–water partition coefficient (Wildman–Crippen LogP) is 2.65. The van der Waals surface area contributed by atoms with Crippen molar-refractivity contribution in [3.8, 4) is 0 Å². The van der Waals surface area contributed by atoms with E-state index in [2.05, 4.69) is 28.1 Å². The molecule has 1 aliphatic carbocycles. The summed E-state index contributed by atoms with van der Waals surface area (Å²) >= 11 is 1.90. The summed E-state index contributed by atoms with van der Waals surface area (Å²) in [7, 11) is 1.96. The topological polar surface area (TPSA) is 29.9 Å². The monoisotopic (exact) mass is 247 g/mol. The van der Waals surface area contributed by atoms with Crippen molar-refractivity contribution in [1.29, 1.82) is 0 Å². The van der Waals surface area contributed by atoms with Gasteiger partial charge in [-0.05, 0) is 36.3 Å². The molecule has 0 aromatic carbocycles. The molecule has 0 saturated heterocycles. The Morgan fingerprint density at radius 1 is 1.59 bits per heavy atom. The number of aryl methyl sites for hydroxylation is 2. The van der Waals surface area contributed by atoms with Gasteiger partial charge in [0.2, 0.25) is 0 Å². The molecule has 3 rings (SSSR count). The second-order valence-corrected chi connectivity index (χ2v) is 5.65. The number of fused-ring (bicyclic) bond motifs is 1. The first-order valence-corrected chi connectivity index (χ1v) is 6.98. The summed E-state index contributed by atoms with van der Waals surface area (Å²) in [4.78, 5) is 1.57. The largest absolute Gasteiger partial charge is 0.306 e. The molecule has 2 aromatic heterocycles. The second-order valence-electron chi connectivity index (χ2n) is 4.65. The third kappa shape index (κ3) is 2.28. The fraction of sp³-hybridized carbons (Fsp3) is 0.462. The van der Waals surface area contributed by atoms with E-state index < -0.39 is 0 Å². The van der Waals surface area contributed by atoms with Crippen LogP contribution in [0, 0.1) is 0 Å². The highest BCUT2D eigenvalue weighted by molar-refractivity contribution is 7.10. The van der Waals surface area contributed by atoms with Crippen molar-refractivity contribution in [2.75, 3.05) is 0 Å². The Kier molecular flexibility index (Phi) is 2.99. The van der Waals surface area contributed by atoms with Crippen molar-refractivity contribution in [2.45, 2.75) is 31.8 Å². The van der Waals surface area contributed by atoms with Crippen LogP contribution in [0.5, 0.6) is 0 Å². The molecule has 2 aromatic rings. The van der Waals surface area contributed by atoms with E-state index >= 15 is 0 Å². The number of rotatable bonds is 3. The van der Waals surface area contributed by atoms with Gasteiger partial charge in [0.05, 0.1) is 6.20 Å². The van der Waals surface area contributed by atoms with Gasteiger partial charge in [-0.3, -0.25) is 4.68 Å². The van der Waals surface area contributed by atoms with Gasteiger partial charge in [0.1, 0.15) is 0 Å². The van der Waals surface area contributed by atoms with E-state index in [1.807, 2.05) is 29.3 Å². The number of aromatic nitrogens is 2. The minimum absolute atomic E-state index is 0.533. The van der Waals surface area contributed by atoms with Gasteiger partial charge in [-0.15, -0.1) is 11.3 Å². The maximum Gasteiger partial charge on any atom is 0.0534 e. The molecule has 2 heterocycles. The van der Waals surface area contributed by atoms with Crippen molar-refractivity contribution in [2.24, 2.45) is 7.05 Å². The quantitative estimate of drug-likeness (QED) is 0.903. The summed E-state index contributed by atoms with van der Waals surface area (Å²) in [5, 5.41) is 10.1. The fourth-order valence-electron chi connectivity index (χ4n) is 2.50. The lowest BCUT2D eigenvalue weighted by Crippen LogP contribution is -2.23. The van der Waals surface area contributed by atoms with E-state index in [0.717, 1.165) is 6.54 Å². The van der Waals surface area contributed by atoms with Crippen LogP contribution in [0.3, 0.4) is 0 Å². The molecule has 1 unspecified atom stereocenters. The zero-order valence-corrected chi connectivity index (χ0v) is 10.8. The second kappa shape index (κ2) is 4.63. The Labute approximate surface area is 105 Å². The molecule has 0 saturated carbocycles. The normalized spacial score (nSPS) is 19.2. The standard InChI is InChI=1S/C13H17N3S/c1-16-9-10(8-15-16)7-14-12-3-2-4-13-11(12)5-6-17-13/h5-6,8-9,12,14H,2-4,7H2,1H3. The predicted molar refractivity (Wildman–Crippen MR) is 70.0 cm³/mol. The maximum absolute atomic E-state index is 4.19. The molecule has 1 N–H and O–H groups in total. The Morgan fingerprint density at radius 3 is 3.35 bits per heavy atom. The number of hydrogen-bond donors (Lipinski definition) is 1. The molecule has 1 aliphatic rings. The Balaban J connectivity index is 1.67. The van der Waals surface area contributed by atoms with Crippen LogP contribution < -0.4 is 5.32 Å². The summed E-state index contributed by atoms with van der Waals surface area (Å²) in [5.41, 5.74) is 2.78. The summed E-state index contributed by atoms with van der Waals surface area (Å²) in [5.74, 6) is 0. The average molecular weight is 247 g/mol. The number of nitrogens with zero attached hydrogens (tertiary/aromatic N) is 2. The first kappa shape index (κ1) is 11.0. The van der Waals surface area contributed by atoms with Crippen molar-refractivity contribution in [1.82, 2.24) is 15.1 Å². The van der Waals surface area contributed by atoms with Gasteiger partial charge >= 0.3 is 0 Å². The molecule has 0 bridgehead atoms. The van der Waals surface area contributed by atoms with E-state index in [1.165, 1.54) is 30.4 Å². The number of thiophene rings is 1. The molecule has 0 radical (unpaired) electrons. The lowest BCUT2D eigenvalue weighted by atomic mass is 9.94. The van der Waals surface area contributed by atoms with Crippen LogP contribution in [0.1, 0.15) is 34.9 Å². The summed E-state index contributed by atoms with van der Waals surface area (Å²) < 4.78 is 1.86. The van der Waals surface area contributed by atoms with Crippen LogP contribution in [0.4, 0.5) is 0 Å². The molecule has 0 amide bonds. The first-order chi connectivity index (χ1) is 8.33. The van der Waals surface area contributed by atoms with Crippen LogP contribution in [0.15, 0.2) is 23.8 Å². The molecule has 3 nitrogen and oxygen atoms in total. The van der Waals surface area contributed by atoms with Crippen molar-refractivity contribution >= 4 is 11.3 Å². The lowest BCUT2D eigenvalue weighted by Gasteiger charge is -2.23. The van der Waals surface area contributed by atoms with E-state index in [1.54, 1.807) is 4.88 Å². The third-order valence-electron chi connectivity index (χ3n) is 3.36. The Hall–Kier alpha value is -1.13. The number of hydrogen-bond acceptors (Lipinski definition) is 3. The molecule has 90 valence electrons. The first-order valence-electron chi connectivity index (χ1n) is 6.10. The van der Waals surface area contributed by atoms with Gasteiger partial charge in [-0.2, -0.15) is 5.10 Å². The van der Waals surface area contributed by atoms with E-state index in [-0.39, 0.29) is 0 Å². The molecule has 17 heavy (non-hydrogen) atoms. The Morgan fingerprint density at radius 2 is 2.53 bits per heavy atom. The highest BCUT2D eigenvalue weighted by Crippen LogP contribution is 2.33. The molecular formula is C13H17N3S. The molecule has 0 fully saturated rings. The van der Waals surface area contributed by atoms with Gasteiger partial charge in [0, 0.05) is 36.3 Å². The number of nitrogens with one attached hydrogen (secondary N) is 1. The van der Waals surface area contributed by atoms with Gasteiger partial charge < -0.3 is 5.32 Å². The Bertz CT molecular complexity index is 500. The van der Waals surface area contributed by atoms with Gasteiger partial charge in [-0.1, -0.05) is 0 Å². The van der Waals surface area contributed by atoms with Crippen molar-refractivity contribution < 1.29 is 0 Å². The molecule has 4 heteroatoms. The van der Waals surface area contributed by atoms with E-state index in [4.69, 9.17) is 0 Å². The zero-order valence-electron chi connectivity index (χ0n) is 10.0. The molecular weight excluding hydrogens is 230 g/mol. The fourth-order valence-corrected chi connectivity index (χ4v) is 3.49. The molecule has 1 atom stereocenters. The highest BCUT2D eigenvalue weighted by atomic mass is 32.1.